The lowest BCUT2D eigenvalue weighted by Gasteiger charge is -2.27. The molecule has 0 fully saturated rings. The highest BCUT2D eigenvalue weighted by Gasteiger charge is 2.45. The fraction of sp³-hybridized carbons (Fsp3) is 0.111. The number of ether oxygens (including phenoxy) is 1. The van der Waals surface area contributed by atoms with Crippen LogP contribution in [0.5, 0.6) is 5.75 Å². The van der Waals surface area contributed by atoms with Crippen LogP contribution >= 0.6 is 0 Å². The van der Waals surface area contributed by atoms with E-state index in [0.29, 0.717) is 28.0 Å². The number of aryl methyl sites for hydroxylation is 1. The number of para-hydroxylation sites is 1. The summed E-state index contributed by atoms with van der Waals surface area (Å²) in [6, 6.07) is 18.4. The topological polar surface area (TPSA) is 80.0 Å². The zero-order chi connectivity index (χ0) is 24.0. The number of carbonyl (C=O) groups is 2. The van der Waals surface area contributed by atoms with Crippen LogP contribution in [-0.2, 0) is 4.79 Å². The average Bonchev–Trinajstić information content (AvgIpc) is 3.38. The Hall–Kier alpha value is -4.39. The van der Waals surface area contributed by atoms with Gasteiger partial charge in [-0.2, -0.15) is 0 Å². The van der Waals surface area contributed by atoms with Crippen molar-refractivity contribution in [1.82, 2.24) is 0 Å². The molecule has 6 nitrogen and oxygen atoms in total. The monoisotopic (exact) mass is 457 g/mol. The van der Waals surface area contributed by atoms with Crippen LogP contribution in [0.4, 0.5) is 10.1 Å². The third-order valence-electron chi connectivity index (χ3n) is 5.87. The lowest BCUT2D eigenvalue weighted by Crippen LogP contribution is -2.31. The molecule has 1 atom stereocenters. The number of aliphatic hydroxyl groups is 1. The number of aliphatic hydroxyl groups excluding tert-OH is 1. The Morgan fingerprint density at radius 3 is 2.50 bits per heavy atom. The maximum absolute atomic E-state index is 13.7. The summed E-state index contributed by atoms with van der Waals surface area (Å²) in [5, 5.41) is 11.5. The summed E-state index contributed by atoms with van der Waals surface area (Å²) in [4.78, 5) is 28.2. The Labute approximate surface area is 194 Å². The molecule has 34 heavy (non-hydrogen) atoms. The van der Waals surface area contributed by atoms with Crippen LogP contribution in [0.2, 0.25) is 0 Å². The number of hydrogen-bond donors (Lipinski definition) is 1. The number of halogens is 1. The molecule has 1 aliphatic heterocycles. The van der Waals surface area contributed by atoms with E-state index >= 15 is 0 Å². The normalized spacial score (nSPS) is 15.9. The van der Waals surface area contributed by atoms with E-state index in [1.807, 2.05) is 13.0 Å². The van der Waals surface area contributed by atoms with E-state index in [9.17, 15) is 19.1 Å². The van der Waals surface area contributed by atoms with Crippen molar-refractivity contribution in [2.24, 2.45) is 0 Å². The Morgan fingerprint density at radius 2 is 1.79 bits per heavy atom. The van der Waals surface area contributed by atoms with E-state index in [1.54, 1.807) is 42.5 Å². The maximum atomic E-state index is 13.7. The molecule has 0 aliphatic carbocycles. The van der Waals surface area contributed by atoms with Gasteiger partial charge in [-0.25, -0.2) is 4.39 Å². The van der Waals surface area contributed by atoms with Crippen molar-refractivity contribution in [3.05, 3.63) is 107 Å². The molecule has 170 valence electrons. The predicted octanol–water partition coefficient (Wildman–Crippen LogP) is 5.67. The van der Waals surface area contributed by atoms with Crippen molar-refractivity contribution in [1.29, 1.82) is 0 Å². The maximum Gasteiger partial charge on any atom is 0.294 e. The van der Waals surface area contributed by atoms with Gasteiger partial charge >= 0.3 is 0 Å². The van der Waals surface area contributed by atoms with Crippen LogP contribution < -0.4 is 9.64 Å². The first-order valence-electron chi connectivity index (χ1n) is 10.6. The van der Waals surface area contributed by atoms with Gasteiger partial charge in [-0.1, -0.05) is 36.4 Å². The van der Waals surface area contributed by atoms with E-state index in [2.05, 4.69) is 0 Å². The molecular weight excluding hydrogens is 437 g/mol. The number of amides is 1. The molecule has 0 saturated carbocycles. The van der Waals surface area contributed by atoms with E-state index in [4.69, 9.17) is 9.15 Å². The van der Waals surface area contributed by atoms with Crippen molar-refractivity contribution in [2.45, 2.75) is 13.0 Å². The molecule has 1 amide bonds. The minimum absolute atomic E-state index is 0.0490. The highest BCUT2D eigenvalue weighted by Crippen LogP contribution is 2.43. The molecule has 0 saturated heterocycles. The molecule has 7 heteroatoms. The average molecular weight is 457 g/mol. The Bertz CT molecular complexity index is 1470. The van der Waals surface area contributed by atoms with Gasteiger partial charge in [0.05, 0.1) is 18.7 Å². The first-order valence-corrected chi connectivity index (χ1v) is 10.6. The number of Topliss-reactive ketones (excluding diaryl/α,β-unsaturated/α-hetero) is 1. The van der Waals surface area contributed by atoms with Crippen LogP contribution in [0.3, 0.4) is 0 Å². The second kappa shape index (κ2) is 8.19. The number of hydrogen-bond acceptors (Lipinski definition) is 5. The number of fused-ring (bicyclic) bond motifs is 1. The van der Waals surface area contributed by atoms with Gasteiger partial charge in [0.2, 0.25) is 5.78 Å². The van der Waals surface area contributed by atoms with Gasteiger partial charge in [-0.05, 0) is 54.4 Å². The number of nitrogens with zero attached hydrogens (tertiary/aromatic N) is 1. The Kier molecular flexibility index (Phi) is 5.17. The van der Waals surface area contributed by atoms with Gasteiger partial charge in [-0.15, -0.1) is 0 Å². The van der Waals surface area contributed by atoms with Crippen LogP contribution in [0.1, 0.15) is 27.7 Å². The van der Waals surface area contributed by atoms with Crippen molar-refractivity contribution in [2.75, 3.05) is 12.0 Å². The van der Waals surface area contributed by atoms with E-state index in [-0.39, 0.29) is 11.3 Å². The quantitative estimate of drug-likeness (QED) is 0.391. The highest BCUT2D eigenvalue weighted by molar-refractivity contribution is 6.20. The van der Waals surface area contributed by atoms with E-state index in [0.717, 1.165) is 5.56 Å². The molecule has 4 aromatic rings. The van der Waals surface area contributed by atoms with Crippen molar-refractivity contribution >= 4 is 28.3 Å². The number of furan rings is 1. The standard InChI is InChI=1S/C27H20FNO5/c1-15-5-3-7-19(13-15)29-23(16-9-11-18(28)12-10-16)22(25(31)27(29)32)24(30)21-14-17-6-4-8-20(33-2)26(17)34-21/h3-14,23,31H,1-2H3. The SMILES string of the molecule is COc1cccc2cc(C(=O)C3=C(O)C(=O)N(c4cccc(C)c4)C3c3ccc(F)cc3)oc12. The number of methoxy groups -OCH3 is 1. The first kappa shape index (κ1) is 21.5. The summed E-state index contributed by atoms with van der Waals surface area (Å²) in [5.74, 6) is -2.10. The molecule has 5 rings (SSSR count). The van der Waals surface area contributed by atoms with Gasteiger partial charge < -0.3 is 14.3 Å². The third kappa shape index (κ3) is 3.42. The molecule has 1 aliphatic rings. The minimum atomic E-state index is -0.975. The lowest BCUT2D eigenvalue weighted by molar-refractivity contribution is -0.117. The number of anilines is 1. The van der Waals surface area contributed by atoms with Gasteiger partial charge in [0.1, 0.15) is 5.82 Å². The van der Waals surface area contributed by atoms with Crippen LogP contribution in [0.15, 0.2) is 88.5 Å². The molecule has 2 heterocycles. The molecule has 0 spiro atoms. The van der Waals surface area contributed by atoms with Crippen molar-refractivity contribution in [3.8, 4) is 5.75 Å². The van der Waals surface area contributed by atoms with Crippen LogP contribution in [0, 0.1) is 12.7 Å². The van der Waals surface area contributed by atoms with Crippen molar-refractivity contribution < 1.29 is 28.2 Å². The number of benzene rings is 3. The minimum Gasteiger partial charge on any atom is -0.503 e. The fourth-order valence-electron chi connectivity index (χ4n) is 4.28. The fourth-order valence-corrected chi connectivity index (χ4v) is 4.28. The molecule has 1 unspecified atom stereocenters. The zero-order valence-corrected chi connectivity index (χ0v) is 18.4. The van der Waals surface area contributed by atoms with E-state index < -0.39 is 29.3 Å². The van der Waals surface area contributed by atoms with Crippen molar-refractivity contribution in [3.63, 3.8) is 0 Å². The Morgan fingerprint density at radius 1 is 1.06 bits per heavy atom. The summed E-state index contributed by atoms with van der Waals surface area (Å²) in [5.41, 5.74) is 2.10. The highest BCUT2D eigenvalue weighted by atomic mass is 19.1. The van der Waals surface area contributed by atoms with Gasteiger partial charge in [-0.3, -0.25) is 14.5 Å². The predicted molar refractivity (Wildman–Crippen MR) is 125 cm³/mol. The summed E-state index contributed by atoms with van der Waals surface area (Å²) in [6.45, 7) is 1.87. The molecule has 1 aromatic heterocycles. The lowest BCUT2D eigenvalue weighted by atomic mass is 9.94. The number of carbonyl (C=O) groups excluding carboxylic acids is 2. The summed E-state index contributed by atoms with van der Waals surface area (Å²) in [6.07, 6.45) is 0. The summed E-state index contributed by atoms with van der Waals surface area (Å²) < 4.78 is 24.8. The Balaban J connectivity index is 1.67. The number of ketones is 1. The van der Waals surface area contributed by atoms with E-state index in [1.165, 1.54) is 36.3 Å². The van der Waals surface area contributed by atoms with Gasteiger partial charge in [0.15, 0.2) is 22.9 Å². The molecule has 0 radical (unpaired) electrons. The largest absolute Gasteiger partial charge is 0.503 e. The molecule has 1 N–H and O–H groups in total. The van der Waals surface area contributed by atoms with Crippen LogP contribution in [-0.4, -0.2) is 23.9 Å². The second-order valence-electron chi connectivity index (χ2n) is 8.05. The van der Waals surface area contributed by atoms with Gasteiger partial charge in [0, 0.05) is 11.1 Å². The smallest absolute Gasteiger partial charge is 0.294 e. The number of rotatable bonds is 5. The zero-order valence-electron chi connectivity index (χ0n) is 18.4. The first-order chi connectivity index (χ1) is 16.4. The van der Waals surface area contributed by atoms with Gasteiger partial charge in [0.25, 0.3) is 5.91 Å². The molecule has 0 bridgehead atoms. The molecular formula is C27H20FNO5. The van der Waals surface area contributed by atoms with Crippen LogP contribution in [0.25, 0.3) is 11.0 Å². The second-order valence-corrected chi connectivity index (χ2v) is 8.05. The molecule has 3 aromatic carbocycles. The summed E-state index contributed by atoms with van der Waals surface area (Å²) in [7, 11) is 1.49. The summed E-state index contributed by atoms with van der Waals surface area (Å²) >= 11 is 0. The third-order valence-corrected chi connectivity index (χ3v) is 5.87.